The van der Waals surface area contributed by atoms with E-state index in [4.69, 9.17) is 5.73 Å². The number of aliphatic hydroxyl groups is 3. The maximum Gasteiger partial charge on any atom is 0.253 e. The molecule has 0 radical (unpaired) electrons. The highest BCUT2D eigenvalue weighted by molar-refractivity contribution is 7.85. The number of aromatic nitrogens is 1. The van der Waals surface area contributed by atoms with Gasteiger partial charge in [-0.15, -0.1) is 0 Å². The summed E-state index contributed by atoms with van der Waals surface area (Å²) in [5.74, 6) is -12.9. The van der Waals surface area contributed by atoms with Gasteiger partial charge in [0.25, 0.3) is 11.8 Å². The van der Waals surface area contributed by atoms with Crippen LogP contribution >= 0.6 is 0 Å². The molecule has 0 saturated carbocycles. The van der Waals surface area contributed by atoms with E-state index in [1.807, 2.05) is 0 Å². The van der Waals surface area contributed by atoms with Gasteiger partial charge in [0.15, 0.2) is 0 Å². The van der Waals surface area contributed by atoms with Gasteiger partial charge in [0, 0.05) is 87.4 Å². The predicted molar refractivity (Wildman–Crippen MR) is 344 cm³/mol. The molecule has 96 heavy (non-hydrogen) atoms. The maximum atomic E-state index is 15.4. The Kier molecular flexibility index (Phi) is 27.8. The first kappa shape index (κ1) is 75.0. The van der Waals surface area contributed by atoms with Crippen molar-refractivity contribution in [1.82, 2.24) is 67.5 Å². The molecule has 33 heteroatoms. The number of fused-ring (bicyclic) bond motifs is 5. The fourth-order valence-electron chi connectivity index (χ4n) is 12.4. The van der Waals surface area contributed by atoms with Crippen LogP contribution < -0.4 is 53.6 Å². The summed E-state index contributed by atoms with van der Waals surface area (Å²) >= 11 is 0. The number of H-pyrrole nitrogens is 1. The van der Waals surface area contributed by atoms with E-state index in [1.54, 1.807) is 13.8 Å². The quantitative estimate of drug-likeness (QED) is 0.0351. The SMILES string of the molecule is CC[C@H](C)[C@@H]1NC(=O)CNC(=O)[C@H]2Cc3c([nH]c4c(CN5CCC(CCNC(=O)CCCCCNC(=O)CCCCCN6C(=O)C=CC6=O)CC5)c(O)ccc34)S(=O)C[C@@H](NC(=O)CNC1=O)C(=O)N[C@@H](CC(N)=O)C(=O)N1C[C@H](O)C[C@H]1C(=O)N[C@@H]([C@H](C)[C@H](O)CO)C(=O)N2. The van der Waals surface area contributed by atoms with Crippen LogP contribution in [0.2, 0.25) is 0 Å². The van der Waals surface area contributed by atoms with Crippen LogP contribution in [0.15, 0.2) is 29.3 Å². The number of unbranched alkanes of at least 4 members (excludes halogenated alkanes) is 4. The van der Waals surface area contributed by atoms with Crippen LogP contribution in [0.3, 0.4) is 0 Å². The normalized spacial score (nSPS) is 24.9. The van der Waals surface area contributed by atoms with E-state index in [9.17, 15) is 82.8 Å². The third-order valence-electron chi connectivity index (χ3n) is 18.4. The molecule has 5 aliphatic heterocycles. The number of likely N-dealkylation sites (tertiary alicyclic amines) is 1. The van der Waals surface area contributed by atoms with Crippen molar-refractivity contribution in [3.05, 3.63) is 35.4 Å². The number of aliphatic hydroxyl groups excluding tert-OH is 3. The molecular formula is C63H92N14O18S. The fourth-order valence-corrected chi connectivity index (χ4v) is 13.8. The predicted octanol–water partition coefficient (Wildman–Crippen LogP) is -4.04. The minimum absolute atomic E-state index is 0.0600. The molecule has 13 amide bonds. The first-order valence-electron chi connectivity index (χ1n) is 32.9. The van der Waals surface area contributed by atoms with Crippen LogP contribution in [0.4, 0.5) is 0 Å². The largest absolute Gasteiger partial charge is 0.508 e. The van der Waals surface area contributed by atoms with Crippen molar-refractivity contribution < 1.29 is 87.0 Å². The zero-order valence-corrected chi connectivity index (χ0v) is 55.2. The van der Waals surface area contributed by atoms with Crippen molar-refractivity contribution in [2.75, 3.05) is 64.7 Å². The van der Waals surface area contributed by atoms with Gasteiger partial charge in [-0.3, -0.25) is 76.3 Å². The molecule has 5 aliphatic rings. The van der Waals surface area contributed by atoms with Gasteiger partial charge in [-0.2, -0.15) is 0 Å². The molecule has 1 aromatic carbocycles. The lowest BCUT2D eigenvalue weighted by molar-refractivity contribution is -0.144. The lowest BCUT2D eigenvalue weighted by atomic mass is 9.93. The third-order valence-corrected chi connectivity index (χ3v) is 19.8. The number of aromatic amines is 1. The number of piperidine rings is 1. The number of carbonyl (C=O) groups excluding carboxylic acids is 13. The first-order valence-corrected chi connectivity index (χ1v) is 34.2. The van der Waals surface area contributed by atoms with Gasteiger partial charge in [0.1, 0.15) is 47.0 Å². The number of amides is 13. The maximum absolute atomic E-state index is 15.4. The Bertz CT molecular complexity index is 3260. The molecule has 0 spiro atoms. The van der Waals surface area contributed by atoms with E-state index in [1.165, 1.54) is 36.1 Å². The van der Waals surface area contributed by atoms with Crippen molar-refractivity contribution >= 4 is 98.5 Å². The second-order valence-electron chi connectivity index (χ2n) is 25.4. The number of phenolic OH excluding ortho intramolecular Hbond substituents is 1. The Morgan fingerprint density at radius 3 is 2.05 bits per heavy atom. The number of imide groups is 1. The number of phenols is 1. The van der Waals surface area contributed by atoms with E-state index in [0.717, 1.165) is 24.2 Å². The molecule has 2 fully saturated rings. The Morgan fingerprint density at radius 1 is 0.750 bits per heavy atom. The minimum atomic E-state index is -2.49. The summed E-state index contributed by atoms with van der Waals surface area (Å²) in [6.07, 6.45) is 4.66. The Labute approximate surface area is 557 Å². The summed E-state index contributed by atoms with van der Waals surface area (Å²) in [4.78, 5) is 183. The lowest BCUT2D eigenvalue weighted by Crippen LogP contribution is -2.62. The lowest BCUT2D eigenvalue weighted by Gasteiger charge is -2.32. The van der Waals surface area contributed by atoms with Gasteiger partial charge < -0.3 is 83.9 Å². The molecule has 2 saturated heterocycles. The molecule has 2 aromatic rings. The topological polar surface area (TPSA) is 480 Å². The van der Waals surface area contributed by atoms with Gasteiger partial charge in [-0.1, -0.05) is 40.0 Å². The zero-order valence-electron chi connectivity index (χ0n) is 54.4. The average Bonchev–Trinajstić information content (AvgIpc) is 1.61. The van der Waals surface area contributed by atoms with Gasteiger partial charge >= 0.3 is 0 Å². The molecule has 32 nitrogen and oxygen atoms in total. The van der Waals surface area contributed by atoms with Gasteiger partial charge in [0.2, 0.25) is 65.0 Å². The number of hydrogen-bond donors (Lipinski definition) is 15. The van der Waals surface area contributed by atoms with Crippen LogP contribution in [0.5, 0.6) is 5.75 Å². The number of nitrogens with zero attached hydrogens (tertiary/aromatic N) is 3. The number of rotatable bonds is 24. The van der Waals surface area contributed by atoms with Gasteiger partial charge in [0.05, 0.1) is 60.4 Å². The standard InChI is InChI=1S/C63H92N14O18S/c1-4-34(2)54-60(92)68-28-50(85)69-43-33-96(95)62-39(26-41(57(89)67-29-51(86)72-54)70-61(93)55(35(3)46(81)32-78)73-59(91)44-25-37(79)30-77(44)63(94)42(27-47(64)82)71-58(43)90)38-13-14-45(80)40(56(38)74-62)31-75-23-18-36(19-24-75)17-21-66-49(84)11-7-5-9-20-65-48(83)12-8-6-10-22-76-52(87)15-16-53(76)88/h13-16,34-37,41-44,46,54-55,74,78-81H,4-12,17-33H2,1-3H3,(H2,64,82)(H,65,83)(H,66,84)(H,67,89)(H,68,92)(H,69,85)(H,70,93)(H,71,90)(H,72,86)(H,73,91)/t34-,35+,37+,41+,42-,43+,44-,46+,54-,55-,96?/m0/s1. The van der Waals surface area contributed by atoms with E-state index in [2.05, 4.69) is 57.7 Å². The minimum Gasteiger partial charge on any atom is -0.508 e. The number of hydrogen-bond acceptors (Lipinski definition) is 19. The molecule has 0 aliphatic carbocycles. The Hall–Kier alpha value is -8.40. The van der Waals surface area contributed by atoms with Crippen molar-refractivity contribution in [3.63, 3.8) is 0 Å². The molecule has 16 N–H and O–H groups in total. The van der Waals surface area contributed by atoms with E-state index in [-0.39, 0.29) is 63.3 Å². The van der Waals surface area contributed by atoms with Crippen LogP contribution in [0.1, 0.15) is 122 Å². The van der Waals surface area contributed by atoms with Crippen LogP contribution in [0.25, 0.3) is 10.9 Å². The molecule has 2 bridgehead atoms. The van der Waals surface area contributed by atoms with Gasteiger partial charge in [-0.05, 0) is 87.6 Å². The van der Waals surface area contributed by atoms with Crippen molar-refractivity contribution in [3.8, 4) is 5.75 Å². The van der Waals surface area contributed by atoms with Crippen LogP contribution in [-0.4, -0.2) is 234 Å². The molecule has 6 heterocycles. The second kappa shape index (κ2) is 35.6. The molecule has 528 valence electrons. The average molecular weight is 1370 g/mol. The van der Waals surface area contributed by atoms with Crippen molar-refractivity contribution in [2.24, 2.45) is 23.5 Å². The smallest absolute Gasteiger partial charge is 0.253 e. The number of aromatic hydroxyl groups is 1. The summed E-state index contributed by atoms with van der Waals surface area (Å²) in [5.41, 5.74) is 6.18. The van der Waals surface area contributed by atoms with Gasteiger partial charge in [-0.25, -0.2) is 0 Å². The molecular weight excluding hydrogens is 1270 g/mol. The van der Waals surface area contributed by atoms with E-state index >= 15 is 4.21 Å². The third kappa shape index (κ3) is 20.6. The van der Waals surface area contributed by atoms with Crippen LogP contribution in [0, 0.1) is 17.8 Å². The summed E-state index contributed by atoms with van der Waals surface area (Å²) in [5, 5.41) is 67.1. The summed E-state index contributed by atoms with van der Waals surface area (Å²) in [6.45, 7) is 4.09. The zero-order chi connectivity index (χ0) is 69.9. The number of benzene rings is 1. The first-order chi connectivity index (χ1) is 45.8. The van der Waals surface area contributed by atoms with E-state index < -0.39 is 176 Å². The highest BCUT2D eigenvalue weighted by Crippen LogP contribution is 2.36. The molecule has 1 unspecified atom stereocenters. The highest BCUT2D eigenvalue weighted by Gasteiger charge is 2.45. The van der Waals surface area contributed by atoms with Crippen LogP contribution in [-0.2, 0) is 86.1 Å². The molecule has 7 rings (SSSR count). The fraction of sp³-hybridized carbons (Fsp3) is 0.635. The summed E-state index contributed by atoms with van der Waals surface area (Å²) < 4.78 is 15.4. The second-order valence-corrected chi connectivity index (χ2v) is 26.8. The summed E-state index contributed by atoms with van der Waals surface area (Å²) in [7, 11) is -2.49. The van der Waals surface area contributed by atoms with E-state index in [0.29, 0.717) is 96.1 Å². The Balaban J connectivity index is 1.11. The van der Waals surface area contributed by atoms with Crippen molar-refractivity contribution in [1.29, 1.82) is 0 Å². The Morgan fingerprint density at radius 2 is 1.40 bits per heavy atom. The number of primary amides is 1. The summed E-state index contributed by atoms with van der Waals surface area (Å²) in [6, 6.07) is -7.44. The highest BCUT2D eigenvalue weighted by atomic mass is 32.2. The van der Waals surface area contributed by atoms with Crippen molar-refractivity contribution in [2.45, 2.75) is 177 Å². The number of nitrogens with two attached hydrogens (primary N) is 1. The molecule has 11 atom stereocenters. The monoisotopic (exact) mass is 1360 g/mol. The number of nitrogens with one attached hydrogen (secondary N) is 10. The number of carbonyl (C=O) groups is 13. The molecule has 1 aromatic heterocycles.